The first-order valence-electron chi connectivity index (χ1n) is 8.35. The van der Waals surface area contributed by atoms with Crippen LogP contribution in [0.5, 0.6) is 0 Å². The quantitative estimate of drug-likeness (QED) is 0.844. The van der Waals surface area contributed by atoms with E-state index >= 15 is 0 Å². The van der Waals surface area contributed by atoms with E-state index in [1.54, 1.807) is 0 Å². The number of nitrogens with one attached hydrogen (secondary N) is 1. The molecule has 0 spiro atoms. The van der Waals surface area contributed by atoms with Gasteiger partial charge in [-0.05, 0) is 55.3 Å². The lowest BCUT2D eigenvalue weighted by molar-refractivity contribution is -0.119. The Morgan fingerprint density at radius 1 is 1.14 bits per heavy atom. The molecular formula is C16H27NO3S. The van der Waals surface area contributed by atoms with Crippen molar-refractivity contribution >= 4 is 15.7 Å². The van der Waals surface area contributed by atoms with Crippen molar-refractivity contribution in [1.29, 1.82) is 0 Å². The molecule has 0 heterocycles. The topological polar surface area (TPSA) is 63.2 Å². The lowest BCUT2D eigenvalue weighted by Crippen LogP contribution is -2.44. The van der Waals surface area contributed by atoms with Crippen molar-refractivity contribution in [3.63, 3.8) is 0 Å². The zero-order valence-electron chi connectivity index (χ0n) is 13.0. The van der Waals surface area contributed by atoms with Crippen molar-refractivity contribution in [2.24, 2.45) is 29.6 Å². The van der Waals surface area contributed by atoms with Crippen molar-refractivity contribution in [3.05, 3.63) is 0 Å². The van der Waals surface area contributed by atoms with Crippen LogP contribution in [0.25, 0.3) is 0 Å². The highest BCUT2D eigenvalue weighted by Crippen LogP contribution is 2.58. The molecule has 0 aromatic carbocycles. The van der Waals surface area contributed by atoms with E-state index in [9.17, 15) is 13.2 Å². The molecule has 0 aromatic heterocycles. The molecule has 3 rings (SSSR count). The van der Waals surface area contributed by atoms with Crippen molar-refractivity contribution in [1.82, 2.24) is 5.32 Å². The Labute approximate surface area is 128 Å². The fourth-order valence-corrected chi connectivity index (χ4v) is 6.87. The molecule has 3 aliphatic rings. The van der Waals surface area contributed by atoms with E-state index in [1.807, 2.05) is 13.8 Å². The van der Waals surface area contributed by atoms with E-state index in [-0.39, 0.29) is 29.4 Å². The monoisotopic (exact) mass is 313 g/mol. The van der Waals surface area contributed by atoms with Gasteiger partial charge >= 0.3 is 0 Å². The first kappa shape index (κ1) is 15.3. The minimum atomic E-state index is -3.26. The van der Waals surface area contributed by atoms with Gasteiger partial charge < -0.3 is 5.32 Å². The number of amides is 1. The Kier molecular flexibility index (Phi) is 4.06. The van der Waals surface area contributed by atoms with Gasteiger partial charge in [-0.15, -0.1) is 0 Å². The zero-order chi connectivity index (χ0) is 15.2. The molecule has 5 heteroatoms. The van der Waals surface area contributed by atoms with Gasteiger partial charge in [-0.2, -0.15) is 0 Å². The van der Waals surface area contributed by atoms with Gasteiger partial charge in [-0.3, -0.25) is 4.79 Å². The molecule has 0 unspecified atom stereocenters. The number of sulfone groups is 1. The van der Waals surface area contributed by atoms with Crippen molar-refractivity contribution < 1.29 is 13.2 Å². The Morgan fingerprint density at radius 3 is 2.57 bits per heavy atom. The summed E-state index contributed by atoms with van der Waals surface area (Å²) in [6, 6.07) is 0.232. The third-order valence-corrected chi connectivity index (χ3v) is 7.59. The second-order valence-electron chi connectivity index (χ2n) is 7.78. The summed E-state index contributed by atoms with van der Waals surface area (Å²) in [5.74, 6) is 2.62. The van der Waals surface area contributed by atoms with E-state index in [4.69, 9.17) is 0 Å². The number of carbonyl (C=O) groups is 1. The summed E-state index contributed by atoms with van der Waals surface area (Å²) in [6.45, 7) is 3.73. The fourth-order valence-electron chi connectivity index (χ4n) is 5.25. The molecule has 1 amide bonds. The number of carbonyl (C=O) groups excluding carboxylic acids is 1. The summed E-state index contributed by atoms with van der Waals surface area (Å²) >= 11 is 0. The first-order valence-corrected chi connectivity index (χ1v) is 10.2. The number of hydrogen-bond acceptors (Lipinski definition) is 3. The van der Waals surface area contributed by atoms with Crippen LogP contribution in [0.2, 0.25) is 0 Å². The van der Waals surface area contributed by atoms with E-state index in [0.29, 0.717) is 5.92 Å². The van der Waals surface area contributed by atoms with Crippen LogP contribution in [-0.2, 0) is 14.6 Å². The van der Waals surface area contributed by atoms with Crippen molar-refractivity contribution in [2.45, 2.75) is 52.0 Å². The maximum atomic E-state index is 12.1. The molecule has 3 fully saturated rings. The van der Waals surface area contributed by atoms with Crippen LogP contribution in [-0.4, -0.2) is 31.9 Å². The SMILES string of the molecule is CC(C)CS(=O)(=O)CC(=O)N[C@@H]1C[C@H]2C[C@H]1[C@H]1CCC[C@H]21. The molecule has 2 bridgehead atoms. The van der Waals surface area contributed by atoms with Gasteiger partial charge in [0.2, 0.25) is 5.91 Å². The molecule has 5 atom stereocenters. The van der Waals surface area contributed by atoms with Gasteiger partial charge in [-0.25, -0.2) is 8.42 Å². The van der Waals surface area contributed by atoms with Crippen LogP contribution in [0.4, 0.5) is 0 Å². The molecule has 21 heavy (non-hydrogen) atoms. The van der Waals surface area contributed by atoms with Crippen LogP contribution < -0.4 is 5.32 Å². The Bertz CT molecular complexity index is 514. The van der Waals surface area contributed by atoms with Crippen LogP contribution in [0.15, 0.2) is 0 Å². The normalized spacial score (nSPS) is 38.0. The molecule has 3 aliphatic carbocycles. The maximum Gasteiger partial charge on any atom is 0.235 e. The molecule has 0 saturated heterocycles. The summed E-state index contributed by atoms with van der Waals surface area (Å²) in [5, 5.41) is 3.03. The molecule has 3 saturated carbocycles. The van der Waals surface area contributed by atoms with Crippen molar-refractivity contribution in [3.8, 4) is 0 Å². The zero-order valence-corrected chi connectivity index (χ0v) is 13.9. The highest BCUT2D eigenvalue weighted by atomic mass is 32.2. The van der Waals surface area contributed by atoms with Crippen molar-refractivity contribution in [2.75, 3.05) is 11.5 Å². The summed E-state index contributed by atoms with van der Waals surface area (Å²) in [6.07, 6.45) is 6.34. The maximum absolute atomic E-state index is 12.1. The number of rotatable bonds is 5. The van der Waals surface area contributed by atoms with Gasteiger partial charge in [0.25, 0.3) is 0 Å². The van der Waals surface area contributed by atoms with Gasteiger partial charge in [0.15, 0.2) is 9.84 Å². The molecule has 4 nitrogen and oxygen atoms in total. The lowest BCUT2D eigenvalue weighted by atomic mass is 9.79. The smallest absolute Gasteiger partial charge is 0.235 e. The first-order chi connectivity index (χ1) is 9.85. The summed E-state index contributed by atoms with van der Waals surface area (Å²) in [7, 11) is -3.26. The minimum absolute atomic E-state index is 0.0736. The van der Waals surface area contributed by atoms with E-state index in [1.165, 1.54) is 25.7 Å². The molecule has 0 aromatic rings. The average Bonchev–Trinajstić information content (AvgIpc) is 2.94. The summed E-state index contributed by atoms with van der Waals surface area (Å²) < 4.78 is 23.8. The second-order valence-corrected chi connectivity index (χ2v) is 9.89. The van der Waals surface area contributed by atoms with Crippen LogP contribution in [0.3, 0.4) is 0 Å². The third kappa shape index (κ3) is 3.13. The molecule has 120 valence electrons. The van der Waals surface area contributed by atoms with Crippen LogP contribution in [0.1, 0.15) is 46.0 Å². The van der Waals surface area contributed by atoms with E-state index < -0.39 is 9.84 Å². The number of hydrogen-bond donors (Lipinski definition) is 1. The van der Waals surface area contributed by atoms with E-state index in [0.717, 1.165) is 24.2 Å². The fraction of sp³-hybridized carbons (Fsp3) is 0.938. The third-order valence-electron chi connectivity index (χ3n) is 5.71. The predicted octanol–water partition coefficient (Wildman–Crippen LogP) is 2.00. The Balaban J connectivity index is 1.55. The van der Waals surface area contributed by atoms with Gasteiger partial charge in [-0.1, -0.05) is 20.3 Å². The second kappa shape index (κ2) is 5.56. The van der Waals surface area contributed by atoms with Crippen LogP contribution in [0, 0.1) is 29.6 Å². The summed E-state index contributed by atoms with van der Waals surface area (Å²) in [4.78, 5) is 12.1. The van der Waals surface area contributed by atoms with E-state index in [2.05, 4.69) is 5.32 Å². The number of fused-ring (bicyclic) bond motifs is 5. The highest BCUT2D eigenvalue weighted by Gasteiger charge is 2.54. The minimum Gasteiger partial charge on any atom is -0.352 e. The highest BCUT2D eigenvalue weighted by molar-refractivity contribution is 7.92. The molecule has 0 aliphatic heterocycles. The largest absolute Gasteiger partial charge is 0.352 e. The average molecular weight is 313 g/mol. The molecule has 1 N–H and O–H groups in total. The Hall–Kier alpha value is -0.580. The molecule has 0 radical (unpaired) electrons. The molecular weight excluding hydrogens is 286 g/mol. The lowest BCUT2D eigenvalue weighted by Gasteiger charge is -2.32. The van der Waals surface area contributed by atoms with Gasteiger partial charge in [0.1, 0.15) is 5.75 Å². The summed E-state index contributed by atoms with van der Waals surface area (Å²) in [5.41, 5.74) is 0. The standard InChI is InChI=1S/C16H27NO3S/c1-10(2)8-21(19,20)9-16(18)17-15-7-11-6-14(15)13-5-3-4-12(11)13/h10-15H,3-9H2,1-2H3,(H,17,18)/t11-,12-,13+,14+,15-/m1/s1. The van der Waals surface area contributed by atoms with Gasteiger partial charge in [0.05, 0.1) is 5.75 Å². The predicted molar refractivity (Wildman–Crippen MR) is 82.5 cm³/mol. The Morgan fingerprint density at radius 2 is 1.86 bits per heavy atom. The van der Waals surface area contributed by atoms with Gasteiger partial charge in [0, 0.05) is 6.04 Å². The van der Waals surface area contributed by atoms with Crippen LogP contribution >= 0.6 is 0 Å².